The number of pyridine rings is 1. The molecule has 1 amide bonds. The lowest BCUT2D eigenvalue weighted by Crippen LogP contribution is -2.15. The van der Waals surface area contributed by atoms with Crippen LogP contribution in [0.3, 0.4) is 0 Å². The quantitative estimate of drug-likeness (QED) is 0.664. The van der Waals surface area contributed by atoms with E-state index in [1.807, 2.05) is 0 Å². The number of anilines is 2. The third-order valence-corrected chi connectivity index (χ3v) is 1.81. The van der Waals surface area contributed by atoms with Gasteiger partial charge in [0.05, 0.1) is 0 Å². The normalized spacial score (nSPS) is 9.81. The molecule has 0 saturated carbocycles. The number of nitrogens with zero attached hydrogens (tertiary/aromatic N) is 4. The summed E-state index contributed by atoms with van der Waals surface area (Å²) in [7, 11) is 1.73. The van der Waals surface area contributed by atoms with Crippen LogP contribution in [0.5, 0.6) is 0 Å². The van der Waals surface area contributed by atoms with Gasteiger partial charge >= 0.3 is 0 Å². The average molecular weight is 219 g/mol. The zero-order valence-electron chi connectivity index (χ0n) is 8.43. The molecule has 0 unspecified atom stereocenters. The van der Waals surface area contributed by atoms with Crippen molar-refractivity contribution >= 4 is 17.7 Å². The minimum atomic E-state index is -0.390. The van der Waals surface area contributed by atoms with Gasteiger partial charge in [0.2, 0.25) is 0 Å². The molecule has 82 valence electrons. The third kappa shape index (κ3) is 2.11. The van der Waals surface area contributed by atoms with Crippen molar-refractivity contribution in [1.29, 1.82) is 0 Å². The van der Waals surface area contributed by atoms with Gasteiger partial charge in [-0.3, -0.25) is 10.1 Å². The van der Waals surface area contributed by atoms with Gasteiger partial charge < -0.3 is 5.32 Å². The van der Waals surface area contributed by atoms with E-state index >= 15 is 0 Å². The number of amides is 1. The predicted octanol–water partition coefficient (Wildman–Crippen LogP) is -0.111. The molecule has 2 rings (SSSR count). The van der Waals surface area contributed by atoms with Crippen molar-refractivity contribution < 1.29 is 4.79 Å². The van der Waals surface area contributed by atoms with Gasteiger partial charge in [0.15, 0.2) is 0 Å². The molecule has 0 aromatic carbocycles. The lowest BCUT2D eigenvalue weighted by molar-refractivity contribution is 0.102. The number of rotatable bonds is 3. The maximum atomic E-state index is 11.7. The van der Waals surface area contributed by atoms with Crippen LogP contribution in [-0.2, 0) is 0 Å². The summed E-state index contributed by atoms with van der Waals surface area (Å²) in [6.45, 7) is 0. The summed E-state index contributed by atoms with van der Waals surface area (Å²) in [5.74, 6) is 0.334. The van der Waals surface area contributed by atoms with Gasteiger partial charge in [-0.05, 0) is 17.3 Å². The van der Waals surface area contributed by atoms with Crippen LogP contribution in [0.15, 0.2) is 18.2 Å². The smallest absolute Gasteiger partial charge is 0.276 e. The van der Waals surface area contributed by atoms with Crippen LogP contribution >= 0.6 is 0 Å². The molecule has 0 atom stereocenters. The van der Waals surface area contributed by atoms with Gasteiger partial charge in [-0.1, -0.05) is 11.2 Å². The Labute approximate surface area is 90.5 Å². The molecule has 0 fully saturated rings. The number of hydrogen-bond acceptors (Lipinski definition) is 6. The first kappa shape index (κ1) is 10.0. The first-order chi connectivity index (χ1) is 7.79. The van der Waals surface area contributed by atoms with Crippen molar-refractivity contribution in [2.24, 2.45) is 0 Å². The highest BCUT2D eigenvalue weighted by atomic mass is 16.2. The number of carbonyl (C=O) groups excluding carboxylic acids is 1. The Balaban J connectivity index is 2.14. The van der Waals surface area contributed by atoms with Crippen LogP contribution < -0.4 is 10.6 Å². The van der Waals surface area contributed by atoms with E-state index in [1.165, 1.54) is 0 Å². The number of aromatic nitrogens is 5. The molecule has 2 aromatic heterocycles. The van der Waals surface area contributed by atoms with E-state index in [0.717, 1.165) is 0 Å². The summed E-state index contributed by atoms with van der Waals surface area (Å²) >= 11 is 0. The summed E-state index contributed by atoms with van der Waals surface area (Å²) in [6, 6.07) is 5.07. The molecule has 8 heteroatoms. The predicted molar refractivity (Wildman–Crippen MR) is 55.9 cm³/mol. The van der Waals surface area contributed by atoms with Crippen molar-refractivity contribution in [3.63, 3.8) is 0 Å². The topological polar surface area (TPSA) is 108 Å². The van der Waals surface area contributed by atoms with Crippen LogP contribution in [0, 0.1) is 0 Å². The fourth-order valence-corrected chi connectivity index (χ4v) is 1.08. The van der Waals surface area contributed by atoms with Gasteiger partial charge in [0, 0.05) is 7.05 Å². The van der Waals surface area contributed by atoms with Crippen LogP contribution in [-0.4, -0.2) is 38.6 Å². The molecule has 8 nitrogen and oxygen atoms in total. The van der Waals surface area contributed by atoms with Crippen molar-refractivity contribution in [2.45, 2.75) is 0 Å². The molecule has 2 heterocycles. The number of carbonyl (C=O) groups is 1. The standard InChI is InChI=1S/C8H9N7O/c1-9-6-4-2-3-5(10-6)7(16)11-8-12-14-15-13-8/h2-4H,1H3,(H,9,10)(H2,11,12,13,14,15,16). The Morgan fingerprint density at radius 3 is 3.00 bits per heavy atom. The Bertz CT molecular complexity index is 481. The van der Waals surface area contributed by atoms with E-state index in [1.54, 1.807) is 25.2 Å². The summed E-state index contributed by atoms with van der Waals surface area (Å²) in [6.07, 6.45) is 0. The Hall–Kier alpha value is -2.51. The highest BCUT2D eigenvalue weighted by molar-refractivity contribution is 6.01. The lowest BCUT2D eigenvalue weighted by atomic mass is 10.3. The Kier molecular flexibility index (Phi) is 2.72. The van der Waals surface area contributed by atoms with E-state index < -0.39 is 5.91 Å². The summed E-state index contributed by atoms with van der Waals surface area (Å²) in [4.78, 5) is 15.7. The minimum absolute atomic E-state index is 0.113. The number of H-pyrrole nitrogens is 1. The van der Waals surface area contributed by atoms with E-state index in [4.69, 9.17) is 0 Å². The maximum absolute atomic E-state index is 11.7. The summed E-state index contributed by atoms with van der Waals surface area (Å²) in [5.41, 5.74) is 0.275. The Morgan fingerprint density at radius 2 is 2.31 bits per heavy atom. The monoisotopic (exact) mass is 219 g/mol. The minimum Gasteiger partial charge on any atom is -0.373 e. The fourth-order valence-electron chi connectivity index (χ4n) is 1.08. The zero-order chi connectivity index (χ0) is 11.4. The van der Waals surface area contributed by atoms with Crippen molar-refractivity contribution in [1.82, 2.24) is 25.6 Å². The SMILES string of the molecule is CNc1cccc(C(=O)Nc2nn[nH]n2)n1. The van der Waals surface area contributed by atoms with E-state index in [-0.39, 0.29) is 11.6 Å². The van der Waals surface area contributed by atoms with Gasteiger partial charge in [-0.25, -0.2) is 4.98 Å². The molecule has 2 aromatic rings. The zero-order valence-corrected chi connectivity index (χ0v) is 8.43. The van der Waals surface area contributed by atoms with E-state index in [2.05, 4.69) is 36.2 Å². The van der Waals surface area contributed by atoms with Crippen molar-refractivity contribution in [3.05, 3.63) is 23.9 Å². The Morgan fingerprint density at radius 1 is 1.44 bits per heavy atom. The molecular formula is C8H9N7O. The second kappa shape index (κ2) is 4.34. The van der Waals surface area contributed by atoms with Crippen LogP contribution in [0.25, 0.3) is 0 Å². The van der Waals surface area contributed by atoms with Gasteiger partial charge in [0.25, 0.3) is 11.9 Å². The molecule has 0 saturated heterocycles. The second-order valence-corrected chi connectivity index (χ2v) is 2.85. The van der Waals surface area contributed by atoms with Crippen LogP contribution in [0.2, 0.25) is 0 Å². The molecule has 3 N–H and O–H groups in total. The van der Waals surface area contributed by atoms with Gasteiger partial charge in [-0.15, -0.1) is 5.10 Å². The average Bonchev–Trinajstić information content (AvgIpc) is 2.82. The third-order valence-electron chi connectivity index (χ3n) is 1.81. The lowest BCUT2D eigenvalue weighted by Gasteiger charge is -2.02. The maximum Gasteiger partial charge on any atom is 0.276 e. The molecule has 0 aliphatic heterocycles. The highest BCUT2D eigenvalue weighted by Crippen LogP contribution is 2.05. The van der Waals surface area contributed by atoms with E-state index in [0.29, 0.717) is 5.82 Å². The number of nitrogens with one attached hydrogen (secondary N) is 3. The van der Waals surface area contributed by atoms with Crippen molar-refractivity contribution in [3.8, 4) is 0 Å². The highest BCUT2D eigenvalue weighted by Gasteiger charge is 2.10. The molecule has 0 aliphatic rings. The number of aromatic amines is 1. The molecule has 0 bridgehead atoms. The molecule has 0 aliphatic carbocycles. The molecule has 16 heavy (non-hydrogen) atoms. The largest absolute Gasteiger partial charge is 0.373 e. The van der Waals surface area contributed by atoms with Gasteiger partial charge in [0.1, 0.15) is 11.5 Å². The van der Waals surface area contributed by atoms with Crippen LogP contribution in [0.1, 0.15) is 10.5 Å². The fraction of sp³-hybridized carbons (Fsp3) is 0.125. The first-order valence-electron chi connectivity index (χ1n) is 4.49. The summed E-state index contributed by atoms with van der Waals surface area (Å²) < 4.78 is 0. The van der Waals surface area contributed by atoms with Gasteiger partial charge in [-0.2, -0.15) is 5.21 Å². The molecular weight excluding hydrogens is 210 g/mol. The summed E-state index contributed by atoms with van der Waals surface area (Å²) in [5, 5.41) is 18.0. The number of tetrazole rings is 1. The van der Waals surface area contributed by atoms with Crippen LogP contribution in [0.4, 0.5) is 11.8 Å². The second-order valence-electron chi connectivity index (χ2n) is 2.85. The molecule has 0 spiro atoms. The number of hydrogen-bond donors (Lipinski definition) is 3. The first-order valence-corrected chi connectivity index (χ1v) is 4.49. The van der Waals surface area contributed by atoms with Crippen molar-refractivity contribution in [2.75, 3.05) is 17.7 Å². The van der Waals surface area contributed by atoms with E-state index in [9.17, 15) is 4.79 Å². The molecule has 0 radical (unpaired) electrons.